The maximum absolute atomic E-state index is 2.46. The number of benzene rings is 9. The van der Waals surface area contributed by atoms with Gasteiger partial charge < -0.3 is 0 Å². The summed E-state index contributed by atoms with van der Waals surface area (Å²) < 4.78 is 0. The van der Waals surface area contributed by atoms with Gasteiger partial charge >= 0.3 is 0 Å². The number of fused-ring (bicyclic) bond motifs is 2. The van der Waals surface area contributed by atoms with Gasteiger partial charge in [-0.05, 0) is 111 Å². The van der Waals surface area contributed by atoms with Gasteiger partial charge in [0.15, 0.2) is 0 Å². The number of hydrogen-bond acceptors (Lipinski definition) is 0. The lowest BCUT2D eigenvalue weighted by Gasteiger charge is -2.22. The molecular weight excluding hydrogens is 553 g/mol. The van der Waals surface area contributed by atoms with E-state index in [4.69, 9.17) is 0 Å². The monoisotopic (exact) mass is 586 g/mol. The Balaban J connectivity index is 1.39. The Bertz CT molecular complexity index is 2490. The molecule has 0 radical (unpaired) electrons. The normalized spacial score (nSPS) is 11.9. The third kappa shape index (κ3) is 3.93. The first kappa shape index (κ1) is 26.9. The molecular formula is C46H34. The van der Waals surface area contributed by atoms with E-state index in [0.717, 1.165) is 12.8 Å². The summed E-state index contributed by atoms with van der Waals surface area (Å²) >= 11 is 0. The zero-order valence-electron chi connectivity index (χ0n) is 26.3. The molecule has 46 heavy (non-hydrogen) atoms. The van der Waals surface area contributed by atoms with Gasteiger partial charge in [-0.15, -0.1) is 0 Å². The number of rotatable bonds is 5. The van der Waals surface area contributed by atoms with Crippen molar-refractivity contribution in [1.29, 1.82) is 0 Å². The molecule has 0 atom stereocenters. The molecule has 0 bridgehead atoms. The first-order valence-corrected chi connectivity index (χ1v) is 16.6. The minimum Gasteiger partial charge on any atom is -0.0622 e. The second-order valence-corrected chi connectivity index (χ2v) is 12.6. The molecule has 0 unspecified atom stereocenters. The van der Waals surface area contributed by atoms with Gasteiger partial charge in [0.25, 0.3) is 0 Å². The van der Waals surface area contributed by atoms with E-state index in [1.165, 1.54) is 98.4 Å². The Labute approximate surface area is 269 Å². The van der Waals surface area contributed by atoms with Gasteiger partial charge in [0.2, 0.25) is 0 Å². The van der Waals surface area contributed by atoms with Crippen molar-refractivity contribution < 1.29 is 0 Å². The molecule has 0 aliphatic rings. The Morgan fingerprint density at radius 2 is 0.848 bits per heavy atom. The first-order valence-electron chi connectivity index (χ1n) is 16.6. The van der Waals surface area contributed by atoms with Crippen LogP contribution in [0.2, 0.25) is 0 Å². The van der Waals surface area contributed by atoms with Gasteiger partial charge in [0.05, 0.1) is 0 Å². The molecule has 0 aromatic heterocycles. The van der Waals surface area contributed by atoms with Crippen LogP contribution in [0.15, 0.2) is 146 Å². The van der Waals surface area contributed by atoms with Crippen LogP contribution in [0, 0.1) is 0 Å². The largest absolute Gasteiger partial charge is 0.0622 e. The Morgan fingerprint density at radius 1 is 0.348 bits per heavy atom. The molecule has 0 N–H and O–H groups in total. The average molecular weight is 587 g/mol. The molecule has 0 heteroatoms. The molecule has 0 spiro atoms. The second kappa shape index (κ2) is 10.6. The fourth-order valence-electron chi connectivity index (χ4n) is 8.13. The first-order chi connectivity index (χ1) is 22.7. The van der Waals surface area contributed by atoms with Crippen LogP contribution in [0.3, 0.4) is 0 Å². The molecule has 0 amide bonds. The molecule has 0 saturated heterocycles. The summed E-state index contributed by atoms with van der Waals surface area (Å²) in [6, 6.07) is 54.5. The lowest BCUT2D eigenvalue weighted by Crippen LogP contribution is -1.98. The highest BCUT2D eigenvalue weighted by Crippen LogP contribution is 2.48. The van der Waals surface area contributed by atoms with E-state index in [9.17, 15) is 0 Å². The van der Waals surface area contributed by atoms with Crippen LogP contribution in [0.4, 0.5) is 0 Å². The van der Waals surface area contributed by atoms with Crippen molar-refractivity contribution in [3.63, 3.8) is 0 Å². The summed E-state index contributed by atoms with van der Waals surface area (Å²) in [6.45, 7) is 4.58. The van der Waals surface area contributed by atoms with Gasteiger partial charge in [-0.2, -0.15) is 0 Å². The second-order valence-electron chi connectivity index (χ2n) is 12.6. The van der Waals surface area contributed by atoms with Crippen LogP contribution in [-0.4, -0.2) is 0 Å². The molecule has 0 aliphatic carbocycles. The molecule has 0 fully saturated rings. The highest BCUT2D eigenvalue weighted by Gasteiger charge is 2.21. The fourth-order valence-corrected chi connectivity index (χ4v) is 8.13. The SMILES string of the molecule is CCc1cc(-c2c3ccccc3c(-c3ccc4ccc5cccc6ccc3c4c56)c3ccccc23)cc(CC)c1-c1ccccc1. The maximum atomic E-state index is 2.46. The zero-order chi connectivity index (χ0) is 30.8. The van der Waals surface area contributed by atoms with Crippen molar-refractivity contribution in [1.82, 2.24) is 0 Å². The van der Waals surface area contributed by atoms with Gasteiger partial charge in [0, 0.05) is 0 Å². The summed E-state index contributed by atoms with van der Waals surface area (Å²) in [6.07, 6.45) is 1.98. The Kier molecular flexibility index (Phi) is 6.18. The highest BCUT2D eigenvalue weighted by molar-refractivity contribution is 6.29. The van der Waals surface area contributed by atoms with Gasteiger partial charge in [-0.1, -0.05) is 159 Å². The molecule has 9 aromatic rings. The van der Waals surface area contributed by atoms with Crippen LogP contribution in [0.5, 0.6) is 0 Å². The van der Waals surface area contributed by atoms with E-state index >= 15 is 0 Å². The van der Waals surface area contributed by atoms with Crippen LogP contribution < -0.4 is 0 Å². The number of hydrogen-bond donors (Lipinski definition) is 0. The van der Waals surface area contributed by atoms with Crippen molar-refractivity contribution in [3.8, 4) is 33.4 Å². The quantitative estimate of drug-likeness (QED) is 0.139. The lowest BCUT2D eigenvalue weighted by atomic mass is 9.82. The topological polar surface area (TPSA) is 0 Å². The van der Waals surface area contributed by atoms with Crippen LogP contribution in [-0.2, 0) is 12.8 Å². The molecule has 0 heterocycles. The minimum atomic E-state index is 0.988. The molecule has 9 rings (SSSR count). The predicted molar refractivity (Wildman–Crippen MR) is 200 cm³/mol. The van der Waals surface area contributed by atoms with E-state index in [-0.39, 0.29) is 0 Å². The van der Waals surface area contributed by atoms with E-state index in [2.05, 4.69) is 159 Å². The summed E-state index contributed by atoms with van der Waals surface area (Å²) in [5.74, 6) is 0. The third-order valence-corrected chi connectivity index (χ3v) is 10.1. The van der Waals surface area contributed by atoms with Crippen LogP contribution in [0.25, 0.3) is 87.2 Å². The van der Waals surface area contributed by atoms with Crippen molar-refractivity contribution in [3.05, 3.63) is 157 Å². The third-order valence-electron chi connectivity index (χ3n) is 10.1. The molecule has 0 aliphatic heterocycles. The van der Waals surface area contributed by atoms with Crippen LogP contribution in [0.1, 0.15) is 25.0 Å². The average Bonchev–Trinajstić information content (AvgIpc) is 3.12. The van der Waals surface area contributed by atoms with Crippen molar-refractivity contribution in [2.24, 2.45) is 0 Å². The lowest BCUT2D eigenvalue weighted by molar-refractivity contribution is 1.09. The number of aryl methyl sites for hydroxylation is 2. The van der Waals surface area contributed by atoms with Gasteiger partial charge in [-0.3, -0.25) is 0 Å². The smallest absolute Gasteiger partial charge is 0.00201 e. The summed E-state index contributed by atoms with van der Waals surface area (Å²) in [5, 5.41) is 13.2. The minimum absolute atomic E-state index is 0.988. The maximum Gasteiger partial charge on any atom is -0.00201 e. The standard InChI is InChI=1S/C46H34/c1-3-29-27-35(28-30(4-2)42(29)31-13-6-5-7-14-31)44-36-17-8-10-19-38(36)46(39-20-11-9-18-37(39)44)41-26-24-34-22-21-32-15-12-16-33-23-25-40(41)45(34)43(32)33/h5-28H,3-4H2,1-2H3. The van der Waals surface area contributed by atoms with E-state index in [1.807, 2.05) is 0 Å². The highest BCUT2D eigenvalue weighted by atomic mass is 14.2. The Hall–Kier alpha value is -5.46. The molecule has 0 saturated carbocycles. The summed E-state index contributed by atoms with van der Waals surface area (Å²) in [7, 11) is 0. The van der Waals surface area contributed by atoms with Crippen molar-refractivity contribution in [2.45, 2.75) is 26.7 Å². The van der Waals surface area contributed by atoms with E-state index in [1.54, 1.807) is 0 Å². The van der Waals surface area contributed by atoms with E-state index in [0.29, 0.717) is 0 Å². The summed E-state index contributed by atoms with van der Waals surface area (Å²) in [4.78, 5) is 0. The predicted octanol–water partition coefficient (Wildman–Crippen LogP) is 13.0. The summed E-state index contributed by atoms with van der Waals surface area (Å²) in [5.41, 5.74) is 10.8. The van der Waals surface area contributed by atoms with Crippen LogP contribution >= 0.6 is 0 Å². The Morgan fingerprint density at radius 3 is 1.43 bits per heavy atom. The van der Waals surface area contributed by atoms with Gasteiger partial charge in [-0.25, -0.2) is 0 Å². The molecule has 0 nitrogen and oxygen atoms in total. The zero-order valence-corrected chi connectivity index (χ0v) is 26.3. The van der Waals surface area contributed by atoms with Crippen molar-refractivity contribution in [2.75, 3.05) is 0 Å². The van der Waals surface area contributed by atoms with Gasteiger partial charge in [0.1, 0.15) is 0 Å². The van der Waals surface area contributed by atoms with Crippen molar-refractivity contribution >= 4 is 53.9 Å². The molecule has 9 aromatic carbocycles. The molecule has 218 valence electrons. The fraction of sp³-hybridized carbons (Fsp3) is 0.0870. The van der Waals surface area contributed by atoms with E-state index < -0.39 is 0 Å².